The van der Waals surface area contributed by atoms with Crippen LogP contribution in [0.5, 0.6) is 0 Å². The molecule has 2 fully saturated rings. The van der Waals surface area contributed by atoms with E-state index in [2.05, 4.69) is 137 Å². The minimum absolute atomic E-state index is 0.0451. The fraction of sp³-hybridized carbons (Fsp3) is 0.576. The molecule has 2 aliphatic heterocycles. The number of hydrogen-bond donors (Lipinski definition) is 1. The van der Waals surface area contributed by atoms with Gasteiger partial charge in [-0.05, 0) is 129 Å². The van der Waals surface area contributed by atoms with Gasteiger partial charge in [-0.2, -0.15) is 0 Å². The lowest BCUT2D eigenvalue weighted by Crippen LogP contribution is -2.52. The molecule has 6 nitrogen and oxygen atoms in total. The molecule has 65 heavy (non-hydrogen) atoms. The highest BCUT2D eigenvalue weighted by Crippen LogP contribution is 2.56. The molecule has 4 aliphatic rings. The molecule has 8 rings (SSSR count). The van der Waals surface area contributed by atoms with E-state index in [4.69, 9.17) is 14.2 Å². The van der Waals surface area contributed by atoms with Crippen molar-refractivity contribution in [2.24, 2.45) is 0 Å². The van der Waals surface area contributed by atoms with Crippen LogP contribution in [0.15, 0.2) is 84.9 Å². The smallest absolute Gasteiger partial charge is 0.191 e. The number of benzene rings is 4. The standard InChI is InChI=1S/C30H41NO.C25H34O2.C4H9NO/c1-5-7-18-30(19-8-6-2)26-15-11-10-14-24(26)25-17-16-23(22-27(25)30)28(32)29(3,4)31-20-12-9-13-21-31;1-6-8-16-25(17-9-7-2)22-13-11-10-12-20(22)21-15-14-19(18-23(21)25)24(3,26-4)27-5;1-3-6-4-2-5-1/h10-11,14-17,22H,5-9,12-13,18-21H2,1-4H3;10-15,18H,6-9,16-17H2,1-5H3;5H,1-4H2. The Morgan fingerprint density at radius 2 is 1.05 bits per heavy atom. The van der Waals surface area contributed by atoms with Gasteiger partial charge in [0.2, 0.25) is 0 Å². The van der Waals surface area contributed by atoms with E-state index >= 15 is 0 Å². The monoisotopic (exact) mass is 885 g/mol. The number of carbonyl (C=O) groups is 1. The van der Waals surface area contributed by atoms with Crippen molar-refractivity contribution < 1.29 is 19.0 Å². The maximum absolute atomic E-state index is 13.8. The van der Waals surface area contributed by atoms with Crippen molar-refractivity contribution in [3.63, 3.8) is 0 Å². The molecule has 0 spiro atoms. The van der Waals surface area contributed by atoms with Crippen LogP contribution in [0.1, 0.15) is 183 Å². The molecule has 0 amide bonds. The number of nitrogens with one attached hydrogen (secondary N) is 1. The molecule has 0 radical (unpaired) electrons. The first-order valence-electron chi connectivity index (χ1n) is 25.7. The first-order chi connectivity index (χ1) is 31.5. The number of methoxy groups -OCH3 is 2. The summed E-state index contributed by atoms with van der Waals surface area (Å²) < 4.78 is 16.4. The minimum atomic E-state index is -0.717. The van der Waals surface area contributed by atoms with Gasteiger partial charge in [0.1, 0.15) is 0 Å². The largest absolute Gasteiger partial charge is 0.379 e. The van der Waals surface area contributed by atoms with Crippen molar-refractivity contribution in [1.29, 1.82) is 0 Å². The van der Waals surface area contributed by atoms with E-state index in [9.17, 15) is 4.79 Å². The third kappa shape index (κ3) is 10.7. The Bertz CT molecular complexity index is 2100. The molecule has 2 aliphatic carbocycles. The number of fused-ring (bicyclic) bond motifs is 6. The Hall–Kier alpha value is -3.65. The van der Waals surface area contributed by atoms with Crippen LogP contribution in [0, 0.1) is 0 Å². The summed E-state index contributed by atoms with van der Waals surface area (Å²) in [5.41, 5.74) is 13.1. The second-order valence-corrected chi connectivity index (χ2v) is 19.8. The first-order valence-corrected chi connectivity index (χ1v) is 25.7. The highest BCUT2D eigenvalue weighted by atomic mass is 16.7. The van der Waals surface area contributed by atoms with Crippen molar-refractivity contribution in [3.8, 4) is 22.3 Å². The number of Topliss-reactive ketones (excluding diaryl/α,β-unsaturated/α-hetero) is 1. The van der Waals surface area contributed by atoms with Crippen molar-refractivity contribution >= 4 is 5.78 Å². The zero-order valence-corrected chi connectivity index (χ0v) is 42.0. The van der Waals surface area contributed by atoms with Crippen LogP contribution in [-0.2, 0) is 30.8 Å². The summed E-state index contributed by atoms with van der Waals surface area (Å²) in [7, 11) is 3.43. The lowest BCUT2D eigenvalue weighted by Gasteiger charge is -2.40. The Morgan fingerprint density at radius 3 is 1.48 bits per heavy atom. The van der Waals surface area contributed by atoms with Gasteiger partial charge in [-0.25, -0.2) is 0 Å². The molecule has 0 bridgehead atoms. The molecule has 6 heteroatoms. The molecule has 4 aromatic carbocycles. The predicted molar refractivity (Wildman–Crippen MR) is 272 cm³/mol. The summed E-state index contributed by atoms with van der Waals surface area (Å²) in [6, 6.07) is 31.4. The van der Waals surface area contributed by atoms with E-state index in [1.54, 1.807) is 14.2 Å². The Balaban J connectivity index is 0.000000193. The molecule has 1 N–H and O–H groups in total. The number of ether oxygens (including phenoxy) is 3. The van der Waals surface area contributed by atoms with Gasteiger partial charge >= 0.3 is 0 Å². The molecule has 2 saturated heterocycles. The predicted octanol–water partition coefficient (Wildman–Crippen LogP) is 14.2. The van der Waals surface area contributed by atoms with Crippen LogP contribution < -0.4 is 5.32 Å². The zero-order valence-electron chi connectivity index (χ0n) is 42.0. The van der Waals surface area contributed by atoms with E-state index in [0.29, 0.717) is 0 Å². The van der Waals surface area contributed by atoms with Gasteiger partial charge in [-0.15, -0.1) is 0 Å². The average molecular weight is 885 g/mol. The Labute approximate surface area is 394 Å². The van der Waals surface area contributed by atoms with E-state index in [-0.39, 0.29) is 16.6 Å². The maximum Gasteiger partial charge on any atom is 0.191 e. The number of hydrogen-bond acceptors (Lipinski definition) is 6. The van der Waals surface area contributed by atoms with Crippen molar-refractivity contribution in [1.82, 2.24) is 10.2 Å². The summed E-state index contributed by atoms with van der Waals surface area (Å²) in [4.78, 5) is 16.2. The normalized spacial score (nSPS) is 17.1. The maximum atomic E-state index is 13.8. The molecular formula is C59H84N2O4. The summed E-state index contributed by atoms with van der Waals surface area (Å²) >= 11 is 0. The third-order valence-electron chi connectivity index (χ3n) is 15.5. The topological polar surface area (TPSA) is 60.0 Å². The number of likely N-dealkylation sites (tertiary alicyclic amines) is 1. The molecule has 0 saturated carbocycles. The highest BCUT2D eigenvalue weighted by Gasteiger charge is 2.45. The van der Waals surface area contributed by atoms with Crippen LogP contribution in [-0.4, -0.2) is 69.8 Å². The molecule has 4 aromatic rings. The molecule has 354 valence electrons. The number of piperidine rings is 1. The molecule has 0 unspecified atom stereocenters. The quantitative estimate of drug-likeness (QED) is 0.0793. The van der Waals surface area contributed by atoms with Gasteiger partial charge in [0.25, 0.3) is 0 Å². The number of unbranched alkanes of at least 4 members (excludes halogenated alkanes) is 4. The Morgan fingerprint density at radius 1 is 0.600 bits per heavy atom. The number of morpholine rings is 1. The first kappa shape index (κ1) is 50.8. The van der Waals surface area contributed by atoms with E-state index in [1.807, 2.05) is 6.92 Å². The third-order valence-corrected chi connectivity index (χ3v) is 15.5. The minimum Gasteiger partial charge on any atom is -0.379 e. The summed E-state index contributed by atoms with van der Waals surface area (Å²) in [6.07, 6.45) is 18.2. The van der Waals surface area contributed by atoms with Crippen LogP contribution in [0.25, 0.3) is 22.3 Å². The molecular weight excluding hydrogens is 801 g/mol. The fourth-order valence-electron chi connectivity index (χ4n) is 11.4. The van der Waals surface area contributed by atoms with Crippen LogP contribution >= 0.6 is 0 Å². The van der Waals surface area contributed by atoms with Crippen LogP contribution in [0.3, 0.4) is 0 Å². The number of rotatable bonds is 18. The van der Waals surface area contributed by atoms with E-state index < -0.39 is 11.3 Å². The Kier molecular flexibility index (Phi) is 18.3. The summed E-state index contributed by atoms with van der Waals surface area (Å²) in [5.74, 6) is -0.441. The van der Waals surface area contributed by atoms with Crippen molar-refractivity contribution in [3.05, 3.63) is 118 Å². The van der Waals surface area contributed by atoms with Gasteiger partial charge in [0, 0.05) is 49.3 Å². The SMILES string of the molecule is C1COCCN1.CCCCC1(CCCC)c2ccccc2-c2ccc(C(=O)C(C)(C)N3CCCCC3)cc21.CCCCC1(CCCC)c2ccccc2-c2ccc(C(C)(OC)OC)cc21. The number of carbonyl (C=O) groups excluding carboxylic acids is 1. The fourth-order valence-corrected chi connectivity index (χ4v) is 11.4. The van der Waals surface area contributed by atoms with Gasteiger partial charge in [0.15, 0.2) is 11.6 Å². The van der Waals surface area contributed by atoms with E-state index in [0.717, 1.165) is 50.5 Å². The molecule has 2 heterocycles. The van der Waals surface area contributed by atoms with Crippen LogP contribution in [0.4, 0.5) is 0 Å². The molecule has 0 aromatic heterocycles. The lowest BCUT2D eigenvalue weighted by molar-refractivity contribution is -0.201. The van der Waals surface area contributed by atoms with Gasteiger partial charge in [-0.3, -0.25) is 9.69 Å². The van der Waals surface area contributed by atoms with Gasteiger partial charge in [0.05, 0.1) is 18.8 Å². The molecule has 0 atom stereocenters. The lowest BCUT2D eigenvalue weighted by atomic mass is 9.70. The highest BCUT2D eigenvalue weighted by molar-refractivity contribution is 6.03. The van der Waals surface area contributed by atoms with Gasteiger partial charge in [-0.1, -0.05) is 158 Å². The van der Waals surface area contributed by atoms with E-state index in [1.165, 1.54) is 141 Å². The number of nitrogens with zero attached hydrogens (tertiary/aromatic N) is 1. The zero-order chi connectivity index (χ0) is 46.5. The second kappa shape index (κ2) is 23.4. The van der Waals surface area contributed by atoms with Gasteiger partial charge < -0.3 is 19.5 Å². The summed E-state index contributed by atoms with van der Waals surface area (Å²) in [6.45, 7) is 21.3. The average Bonchev–Trinajstić information content (AvgIpc) is 3.80. The van der Waals surface area contributed by atoms with Crippen molar-refractivity contribution in [2.75, 3.05) is 53.6 Å². The summed E-state index contributed by atoms with van der Waals surface area (Å²) in [5, 5.41) is 3.16. The number of ketones is 1. The van der Waals surface area contributed by atoms with Crippen LogP contribution in [0.2, 0.25) is 0 Å². The second-order valence-electron chi connectivity index (χ2n) is 19.8. The van der Waals surface area contributed by atoms with Crippen molar-refractivity contribution in [2.45, 2.75) is 167 Å².